The van der Waals surface area contributed by atoms with E-state index in [4.69, 9.17) is 4.74 Å². The van der Waals surface area contributed by atoms with E-state index in [-0.39, 0.29) is 36.8 Å². The van der Waals surface area contributed by atoms with Crippen molar-refractivity contribution in [3.63, 3.8) is 0 Å². The van der Waals surface area contributed by atoms with Gasteiger partial charge in [-0.3, -0.25) is 19.1 Å². The zero-order chi connectivity index (χ0) is 28.6. The molecule has 1 N–H and O–H groups in total. The van der Waals surface area contributed by atoms with Gasteiger partial charge < -0.3 is 15.0 Å². The van der Waals surface area contributed by atoms with Crippen molar-refractivity contribution in [1.29, 1.82) is 0 Å². The van der Waals surface area contributed by atoms with Crippen molar-refractivity contribution in [3.05, 3.63) is 58.8 Å². The number of amides is 2. The van der Waals surface area contributed by atoms with Gasteiger partial charge in [0.05, 0.1) is 19.2 Å². The van der Waals surface area contributed by atoms with E-state index in [1.165, 1.54) is 29.7 Å². The van der Waals surface area contributed by atoms with Crippen molar-refractivity contribution in [1.82, 2.24) is 29.6 Å². The summed E-state index contributed by atoms with van der Waals surface area (Å²) in [5.41, 5.74) is 2.31. The lowest BCUT2D eigenvalue weighted by Gasteiger charge is -2.23. The number of aromatic nitrogens is 5. The van der Waals surface area contributed by atoms with Crippen LogP contribution in [-0.4, -0.2) is 73.1 Å². The van der Waals surface area contributed by atoms with Gasteiger partial charge in [-0.25, -0.2) is 19.3 Å². The first-order valence-corrected chi connectivity index (χ1v) is 13.2. The van der Waals surface area contributed by atoms with Gasteiger partial charge in [-0.05, 0) is 40.5 Å². The zero-order valence-electron chi connectivity index (χ0n) is 21.9. The number of hydrogen-bond donors (Lipinski definition) is 1. The molecule has 3 aromatic heterocycles. The van der Waals surface area contributed by atoms with E-state index < -0.39 is 24.0 Å². The lowest BCUT2D eigenvalue weighted by molar-refractivity contribution is -0.137. The fourth-order valence-electron chi connectivity index (χ4n) is 4.67. The molecule has 4 heterocycles. The van der Waals surface area contributed by atoms with Crippen LogP contribution in [0.4, 0.5) is 10.2 Å². The summed E-state index contributed by atoms with van der Waals surface area (Å²) < 4.78 is 21.5. The Kier molecular flexibility index (Phi) is 7.57. The normalized spacial score (nSPS) is 16.8. The Labute approximate surface area is 236 Å². The number of hydrogen-bond acceptors (Lipinski definition) is 8. The molecule has 0 saturated carbocycles. The lowest BCUT2D eigenvalue weighted by Crippen LogP contribution is -2.44. The summed E-state index contributed by atoms with van der Waals surface area (Å²) in [7, 11) is 1.48. The van der Waals surface area contributed by atoms with Crippen LogP contribution >= 0.6 is 15.9 Å². The third kappa shape index (κ3) is 5.55. The van der Waals surface area contributed by atoms with E-state index in [2.05, 4.69) is 41.3 Å². The molecule has 13 heteroatoms. The van der Waals surface area contributed by atoms with Crippen molar-refractivity contribution < 1.29 is 23.5 Å². The topological polar surface area (TPSA) is 132 Å². The van der Waals surface area contributed by atoms with Gasteiger partial charge in [0.25, 0.3) is 0 Å². The number of carbonyl (C=O) groups is 3. The number of halogens is 2. The number of anilines is 1. The molecule has 2 amide bonds. The lowest BCUT2D eigenvalue weighted by atomic mass is 10.0. The Morgan fingerprint density at radius 3 is 2.60 bits per heavy atom. The standard InChI is InChI=1S/C27H25BrFN7O4/c1-14(37)26-20-6-16(17-10-30-15(2)31-11-17)4-5-21(20)36(34-26)13-25(38)35-12-18(29)7-22(35)27(39)33-24-9-19(40-3)8-23(28)32-24/h4-6,8-11,18,22H,7,12-13H2,1-3H3,(H,32,33,39)/t18-,22+/m1/s1. The first-order chi connectivity index (χ1) is 19.1. The summed E-state index contributed by atoms with van der Waals surface area (Å²) >= 11 is 3.25. The molecule has 1 aliphatic rings. The first kappa shape index (κ1) is 27.3. The summed E-state index contributed by atoms with van der Waals surface area (Å²) in [5.74, 6) is -0.0449. The number of Topliss-reactive ketones (excluding diaryl/α,β-unsaturated/α-hetero) is 1. The van der Waals surface area contributed by atoms with Crippen LogP contribution in [0.25, 0.3) is 22.0 Å². The van der Waals surface area contributed by atoms with E-state index >= 15 is 0 Å². The second kappa shape index (κ2) is 11.1. The number of nitrogens with zero attached hydrogens (tertiary/aromatic N) is 6. The highest BCUT2D eigenvalue weighted by atomic mass is 79.9. The number of carbonyl (C=O) groups excluding carboxylic acids is 3. The van der Waals surface area contributed by atoms with Gasteiger partial charge in [-0.15, -0.1) is 0 Å². The number of ether oxygens (including phenoxy) is 1. The van der Waals surface area contributed by atoms with Crippen LogP contribution in [0.2, 0.25) is 0 Å². The number of nitrogens with one attached hydrogen (secondary N) is 1. The van der Waals surface area contributed by atoms with Gasteiger partial charge >= 0.3 is 0 Å². The van der Waals surface area contributed by atoms with Gasteiger partial charge in [0.1, 0.15) is 46.4 Å². The van der Waals surface area contributed by atoms with E-state index in [0.29, 0.717) is 27.1 Å². The minimum atomic E-state index is -1.37. The number of benzene rings is 1. The average Bonchev–Trinajstić information content (AvgIpc) is 3.49. The van der Waals surface area contributed by atoms with Gasteiger partial charge in [0.2, 0.25) is 11.8 Å². The number of aryl methyl sites for hydroxylation is 1. The summed E-state index contributed by atoms with van der Waals surface area (Å²) in [5, 5.41) is 7.61. The summed E-state index contributed by atoms with van der Waals surface area (Å²) in [6, 6.07) is 7.49. The van der Waals surface area contributed by atoms with E-state index in [0.717, 1.165) is 11.1 Å². The van der Waals surface area contributed by atoms with E-state index in [1.807, 2.05) is 6.07 Å². The van der Waals surface area contributed by atoms with Crippen LogP contribution in [0.15, 0.2) is 47.3 Å². The van der Waals surface area contributed by atoms with Gasteiger partial charge in [0, 0.05) is 48.8 Å². The zero-order valence-corrected chi connectivity index (χ0v) is 23.5. The molecule has 0 bridgehead atoms. The number of rotatable bonds is 7. The highest BCUT2D eigenvalue weighted by Crippen LogP contribution is 2.28. The molecule has 40 heavy (non-hydrogen) atoms. The molecule has 1 saturated heterocycles. The van der Waals surface area contributed by atoms with Crippen molar-refractivity contribution in [2.75, 3.05) is 19.0 Å². The Morgan fingerprint density at radius 1 is 1.15 bits per heavy atom. The molecule has 5 rings (SSSR count). The predicted molar refractivity (Wildman–Crippen MR) is 148 cm³/mol. The number of methoxy groups -OCH3 is 1. The molecule has 0 radical (unpaired) electrons. The highest BCUT2D eigenvalue weighted by molar-refractivity contribution is 9.10. The highest BCUT2D eigenvalue weighted by Gasteiger charge is 2.40. The third-order valence-electron chi connectivity index (χ3n) is 6.61. The Bertz CT molecular complexity index is 1630. The quantitative estimate of drug-likeness (QED) is 0.247. The van der Waals surface area contributed by atoms with E-state index in [1.54, 1.807) is 37.5 Å². The second-order valence-corrected chi connectivity index (χ2v) is 10.2. The molecule has 1 fully saturated rings. The van der Waals surface area contributed by atoms with Crippen LogP contribution in [0, 0.1) is 6.92 Å². The molecular formula is C27H25BrFN7O4. The van der Waals surface area contributed by atoms with Crippen molar-refractivity contribution in [3.8, 4) is 16.9 Å². The molecule has 4 aromatic rings. The second-order valence-electron chi connectivity index (χ2n) is 9.41. The average molecular weight is 610 g/mol. The third-order valence-corrected chi connectivity index (χ3v) is 7.02. The minimum absolute atomic E-state index is 0.150. The fourth-order valence-corrected chi connectivity index (χ4v) is 5.09. The Hall–Kier alpha value is -4.26. The summed E-state index contributed by atoms with van der Waals surface area (Å²) in [4.78, 5) is 52.7. The van der Waals surface area contributed by atoms with Crippen LogP contribution in [-0.2, 0) is 16.1 Å². The summed E-state index contributed by atoms with van der Waals surface area (Å²) in [6.45, 7) is 2.67. The van der Waals surface area contributed by atoms with Crippen molar-refractivity contribution in [2.45, 2.75) is 39.0 Å². The van der Waals surface area contributed by atoms with Gasteiger partial charge in [-0.2, -0.15) is 5.10 Å². The SMILES string of the molecule is COc1cc(Br)nc(NC(=O)[C@@H]2C[C@@H](F)CN2C(=O)Cn2nc(C(C)=O)c3cc(-c4cnc(C)nc4)ccc32)c1. The monoisotopic (exact) mass is 609 g/mol. The fraction of sp³-hybridized carbons (Fsp3) is 0.296. The van der Waals surface area contributed by atoms with Crippen LogP contribution in [0.1, 0.15) is 29.7 Å². The predicted octanol–water partition coefficient (Wildman–Crippen LogP) is 3.75. The van der Waals surface area contributed by atoms with Gasteiger partial charge in [-0.1, -0.05) is 6.07 Å². The van der Waals surface area contributed by atoms with Crippen LogP contribution in [0.3, 0.4) is 0 Å². The smallest absolute Gasteiger partial charge is 0.248 e. The molecule has 0 unspecified atom stereocenters. The number of pyridine rings is 1. The molecule has 206 valence electrons. The number of ketones is 1. The molecular weight excluding hydrogens is 585 g/mol. The Morgan fingerprint density at radius 2 is 1.90 bits per heavy atom. The number of likely N-dealkylation sites (tertiary alicyclic amines) is 1. The van der Waals surface area contributed by atoms with Crippen LogP contribution in [0.5, 0.6) is 5.75 Å². The molecule has 0 aliphatic carbocycles. The maximum atomic E-state index is 14.5. The molecule has 0 spiro atoms. The minimum Gasteiger partial charge on any atom is -0.497 e. The maximum absolute atomic E-state index is 14.5. The first-order valence-electron chi connectivity index (χ1n) is 12.4. The number of alkyl halides is 1. The van der Waals surface area contributed by atoms with Crippen molar-refractivity contribution in [2.24, 2.45) is 0 Å². The van der Waals surface area contributed by atoms with Crippen LogP contribution < -0.4 is 10.1 Å². The summed E-state index contributed by atoms with van der Waals surface area (Å²) in [6.07, 6.45) is 1.86. The number of fused-ring (bicyclic) bond motifs is 1. The molecule has 2 atom stereocenters. The molecule has 11 nitrogen and oxygen atoms in total. The van der Waals surface area contributed by atoms with Crippen molar-refractivity contribution >= 4 is 50.2 Å². The largest absolute Gasteiger partial charge is 0.497 e. The molecule has 1 aliphatic heterocycles. The van der Waals surface area contributed by atoms with E-state index in [9.17, 15) is 18.8 Å². The van der Waals surface area contributed by atoms with Gasteiger partial charge in [0.15, 0.2) is 5.78 Å². The molecule has 1 aromatic carbocycles. The maximum Gasteiger partial charge on any atom is 0.248 e. The Balaban J connectivity index is 1.40.